The van der Waals surface area contributed by atoms with E-state index in [0.717, 1.165) is 0 Å². The summed E-state index contributed by atoms with van der Waals surface area (Å²) in [6, 6.07) is -0.896. The van der Waals surface area contributed by atoms with Gasteiger partial charge in [0.1, 0.15) is 6.04 Å². The first-order valence-corrected chi connectivity index (χ1v) is 12.6. The van der Waals surface area contributed by atoms with E-state index in [1.807, 2.05) is 27.7 Å². The van der Waals surface area contributed by atoms with Gasteiger partial charge in [-0.2, -0.15) is 0 Å². The number of rotatable bonds is 15. The zero-order valence-electron chi connectivity index (χ0n) is 22.0. The highest BCUT2D eigenvalue weighted by molar-refractivity contribution is 5.72. The maximum atomic E-state index is 12.3. The fourth-order valence-corrected chi connectivity index (χ4v) is 3.49. The summed E-state index contributed by atoms with van der Waals surface area (Å²) in [4.78, 5) is 23.0. The van der Waals surface area contributed by atoms with E-state index in [4.69, 9.17) is 44.0 Å². The summed E-state index contributed by atoms with van der Waals surface area (Å²) in [5.74, 6) is -2.03. The van der Waals surface area contributed by atoms with E-state index in [2.05, 4.69) is 5.32 Å². The van der Waals surface area contributed by atoms with E-state index in [9.17, 15) is 9.59 Å². The van der Waals surface area contributed by atoms with E-state index in [0.29, 0.717) is 65.4 Å². The number of hydrogen-bond acceptors (Lipinski definition) is 10. The number of alkyl carbamates (subject to hydrolysis) is 1. The number of nitrogens with one attached hydrogen (secondary N) is 1. The molecular formula is C24H44N2O10. The minimum Gasteiger partial charge on any atom is -0.480 e. The Hall–Kier alpha value is -1.54. The number of carboxylic acids is 1. The molecule has 12 heteroatoms. The molecule has 36 heavy (non-hydrogen) atoms. The van der Waals surface area contributed by atoms with Gasteiger partial charge in [0.25, 0.3) is 0 Å². The molecule has 1 unspecified atom stereocenters. The van der Waals surface area contributed by atoms with Gasteiger partial charge in [0.05, 0.1) is 52.9 Å². The maximum absolute atomic E-state index is 12.3. The van der Waals surface area contributed by atoms with E-state index in [1.54, 1.807) is 0 Å². The molecule has 0 bridgehead atoms. The van der Waals surface area contributed by atoms with Crippen molar-refractivity contribution in [1.82, 2.24) is 5.32 Å². The van der Waals surface area contributed by atoms with Crippen molar-refractivity contribution >= 4 is 12.1 Å². The Bertz CT molecular complexity index is 621. The lowest BCUT2D eigenvalue weighted by molar-refractivity contribution is -0.267. The lowest BCUT2D eigenvalue weighted by Crippen LogP contribution is -2.42. The Labute approximate surface area is 213 Å². The van der Waals surface area contributed by atoms with Crippen LogP contribution in [-0.4, -0.2) is 100 Å². The van der Waals surface area contributed by atoms with Crippen molar-refractivity contribution in [2.45, 2.75) is 70.7 Å². The van der Waals surface area contributed by atoms with E-state index >= 15 is 0 Å². The number of carbonyl (C=O) groups excluding carboxylic acids is 1. The highest BCUT2D eigenvalue weighted by Gasteiger charge is 2.30. The van der Waals surface area contributed by atoms with Gasteiger partial charge in [-0.3, -0.25) is 4.79 Å². The van der Waals surface area contributed by atoms with Crippen LogP contribution in [0.2, 0.25) is 0 Å². The van der Waals surface area contributed by atoms with Gasteiger partial charge in [-0.25, -0.2) is 4.79 Å². The fraction of sp³-hybridized carbons (Fsp3) is 0.917. The van der Waals surface area contributed by atoms with Crippen LogP contribution >= 0.6 is 0 Å². The topological polar surface area (TPSA) is 157 Å². The summed E-state index contributed by atoms with van der Waals surface area (Å²) in [5, 5.41) is 11.5. The highest BCUT2D eigenvalue weighted by Crippen LogP contribution is 2.21. The third-order valence-electron chi connectivity index (χ3n) is 5.78. The lowest BCUT2D eigenvalue weighted by Gasteiger charge is -2.35. The summed E-state index contributed by atoms with van der Waals surface area (Å²) in [6.45, 7) is 11.1. The van der Waals surface area contributed by atoms with E-state index in [-0.39, 0.29) is 25.0 Å². The van der Waals surface area contributed by atoms with Crippen molar-refractivity contribution in [2.24, 2.45) is 17.6 Å². The third kappa shape index (κ3) is 12.6. The van der Waals surface area contributed by atoms with E-state index < -0.39 is 35.8 Å². The highest BCUT2D eigenvalue weighted by atomic mass is 16.7. The molecule has 2 rings (SSSR count). The first-order chi connectivity index (χ1) is 17.0. The molecule has 0 radical (unpaired) electrons. The van der Waals surface area contributed by atoms with Crippen molar-refractivity contribution in [3.05, 3.63) is 0 Å². The molecule has 2 fully saturated rings. The molecule has 2 aliphatic heterocycles. The van der Waals surface area contributed by atoms with Crippen molar-refractivity contribution in [1.29, 1.82) is 0 Å². The van der Waals surface area contributed by atoms with Gasteiger partial charge < -0.3 is 49.3 Å². The van der Waals surface area contributed by atoms with Crippen LogP contribution in [-0.2, 0) is 38.0 Å². The maximum Gasteiger partial charge on any atom is 0.407 e. The molecule has 2 heterocycles. The summed E-state index contributed by atoms with van der Waals surface area (Å²) in [6.07, 6.45) is 0.298. The summed E-state index contributed by atoms with van der Waals surface area (Å²) < 4.78 is 39.7. The molecule has 0 aromatic heterocycles. The first kappa shape index (κ1) is 30.7. The van der Waals surface area contributed by atoms with Gasteiger partial charge in [-0.1, -0.05) is 0 Å². The van der Waals surface area contributed by atoms with E-state index in [1.165, 1.54) is 0 Å². The smallest absolute Gasteiger partial charge is 0.407 e. The molecule has 210 valence electrons. The minimum absolute atomic E-state index is 0.0884. The first-order valence-electron chi connectivity index (χ1n) is 12.6. The Kier molecular flexibility index (Phi) is 12.8. The SMILES string of the molecule is CC1(C)OCC(COCC(COCC2COC(C)(C)OC2)OC(=O)NCCCCC(N)C(=O)O)CO1. The number of aliphatic carboxylic acids is 1. The van der Waals surface area contributed by atoms with Crippen LogP contribution in [0.3, 0.4) is 0 Å². The Balaban J connectivity index is 1.71. The molecule has 0 aromatic carbocycles. The zero-order chi connectivity index (χ0) is 26.6. The minimum atomic E-state index is -1.03. The van der Waals surface area contributed by atoms with Gasteiger partial charge >= 0.3 is 12.1 Å². The lowest BCUT2D eigenvalue weighted by atomic mass is 10.1. The van der Waals surface area contributed by atoms with Crippen molar-refractivity contribution < 1.29 is 47.9 Å². The normalized spacial score (nSPS) is 21.3. The number of unbranched alkanes of at least 4 members (excludes halogenated alkanes) is 1. The standard InChI is InChI=1S/C24H44N2O10/c1-23(2)32-11-17(12-33-23)9-30-15-19(16-31-10-18-13-34-24(3,4)35-14-18)36-22(29)26-8-6-5-7-20(25)21(27)28/h17-20H,5-16,25H2,1-4H3,(H,26,29)(H,27,28). The van der Waals surface area contributed by atoms with Gasteiger partial charge in [0.15, 0.2) is 17.7 Å². The summed E-state index contributed by atoms with van der Waals surface area (Å²) >= 11 is 0. The Morgan fingerprint density at radius 1 is 0.917 bits per heavy atom. The largest absolute Gasteiger partial charge is 0.480 e. The molecular weight excluding hydrogens is 476 g/mol. The molecule has 1 amide bonds. The Morgan fingerprint density at radius 3 is 1.83 bits per heavy atom. The van der Waals surface area contributed by atoms with Crippen LogP contribution in [0.1, 0.15) is 47.0 Å². The fourth-order valence-electron chi connectivity index (χ4n) is 3.49. The molecule has 2 saturated heterocycles. The number of carbonyl (C=O) groups is 2. The predicted octanol–water partition coefficient (Wildman–Crippen LogP) is 1.49. The van der Waals surface area contributed by atoms with Crippen LogP contribution in [0, 0.1) is 11.8 Å². The monoisotopic (exact) mass is 520 g/mol. The molecule has 2 aliphatic rings. The molecule has 0 aliphatic carbocycles. The van der Waals surface area contributed by atoms with Gasteiger partial charge in [-0.05, 0) is 47.0 Å². The van der Waals surface area contributed by atoms with Gasteiger partial charge in [0, 0.05) is 18.4 Å². The summed E-state index contributed by atoms with van der Waals surface area (Å²) in [5.41, 5.74) is 5.48. The quantitative estimate of drug-likeness (QED) is 0.269. The predicted molar refractivity (Wildman–Crippen MR) is 128 cm³/mol. The van der Waals surface area contributed by atoms with Crippen LogP contribution < -0.4 is 11.1 Å². The van der Waals surface area contributed by atoms with Crippen LogP contribution in [0.4, 0.5) is 4.79 Å². The third-order valence-corrected chi connectivity index (χ3v) is 5.78. The van der Waals surface area contributed by atoms with Gasteiger partial charge in [-0.15, -0.1) is 0 Å². The average molecular weight is 521 g/mol. The molecule has 0 aromatic rings. The number of hydrogen-bond donors (Lipinski definition) is 3. The van der Waals surface area contributed by atoms with Crippen LogP contribution in [0.25, 0.3) is 0 Å². The molecule has 12 nitrogen and oxygen atoms in total. The zero-order valence-corrected chi connectivity index (χ0v) is 22.0. The number of nitrogens with two attached hydrogens (primary N) is 1. The van der Waals surface area contributed by atoms with Crippen molar-refractivity contribution in [2.75, 3.05) is 59.4 Å². The van der Waals surface area contributed by atoms with Crippen LogP contribution in [0.15, 0.2) is 0 Å². The summed E-state index contributed by atoms with van der Waals surface area (Å²) in [7, 11) is 0. The van der Waals surface area contributed by atoms with Crippen LogP contribution in [0.5, 0.6) is 0 Å². The van der Waals surface area contributed by atoms with Gasteiger partial charge in [0.2, 0.25) is 0 Å². The molecule has 4 N–H and O–H groups in total. The van der Waals surface area contributed by atoms with Crippen molar-refractivity contribution in [3.8, 4) is 0 Å². The second-order valence-corrected chi connectivity index (χ2v) is 10.2. The number of amides is 1. The molecule has 0 saturated carbocycles. The van der Waals surface area contributed by atoms with Crippen molar-refractivity contribution in [3.63, 3.8) is 0 Å². The average Bonchev–Trinajstić information content (AvgIpc) is 2.80. The number of ether oxygens (including phenoxy) is 7. The molecule has 0 spiro atoms. The second kappa shape index (κ2) is 15.0. The second-order valence-electron chi connectivity index (χ2n) is 10.2. The number of carboxylic acid groups (broad SMARTS) is 1. The Morgan fingerprint density at radius 2 is 1.39 bits per heavy atom. The molecule has 1 atom stereocenters.